The number of nitrogens with two attached hydrogens (primary N) is 1. The topological polar surface area (TPSA) is 101 Å². The molecule has 6 heteroatoms. The maximum Gasteiger partial charge on any atom is 0.264 e. The number of hydrogen-bond acceptors (Lipinski definition) is 4. The van der Waals surface area contributed by atoms with Crippen molar-refractivity contribution in [3.05, 3.63) is 52.3 Å². The van der Waals surface area contributed by atoms with E-state index >= 15 is 0 Å². The summed E-state index contributed by atoms with van der Waals surface area (Å²) in [6.07, 6.45) is 0.223. The van der Waals surface area contributed by atoms with Crippen molar-refractivity contribution in [2.24, 2.45) is 0 Å². The summed E-state index contributed by atoms with van der Waals surface area (Å²) >= 11 is 0. The van der Waals surface area contributed by atoms with Crippen LogP contribution < -0.4 is 16.6 Å². The van der Waals surface area contributed by atoms with Crippen LogP contribution >= 0.6 is 0 Å². The van der Waals surface area contributed by atoms with E-state index in [1.165, 1.54) is 12.1 Å². The molecule has 2 rings (SSSR count). The third-order valence-corrected chi connectivity index (χ3v) is 2.29. The molecule has 4 N–H and O–H groups in total. The van der Waals surface area contributed by atoms with Crippen molar-refractivity contribution in [1.82, 2.24) is 10.2 Å². The van der Waals surface area contributed by atoms with E-state index in [1.54, 1.807) is 24.3 Å². The number of benzene rings is 1. The minimum atomic E-state index is -0.313. The molecular formula is C12H12N4O2. The van der Waals surface area contributed by atoms with E-state index in [9.17, 15) is 9.59 Å². The van der Waals surface area contributed by atoms with Crippen LogP contribution in [-0.4, -0.2) is 16.1 Å². The lowest BCUT2D eigenvalue weighted by atomic mass is 10.1. The molecule has 0 saturated carbocycles. The van der Waals surface area contributed by atoms with Crippen molar-refractivity contribution in [2.45, 2.75) is 6.42 Å². The Morgan fingerprint density at radius 2 is 1.94 bits per heavy atom. The number of amides is 1. The highest BCUT2D eigenvalue weighted by Crippen LogP contribution is 2.07. The predicted octanol–water partition coefficient (Wildman–Crippen LogP) is 0.533. The van der Waals surface area contributed by atoms with E-state index < -0.39 is 0 Å². The number of H-pyrrole nitrogens is 1. The van der Waals surface area contributed by atoms with Gasteiger partial charge in [0.15, 0.2) is 5.82 Å². The molecule has 1 amide bonds. The van der Waals surface area contributed by atoms with Crippen molar-refractivity contribution in [3.8, 4) is 0 Å². The molecule has 92 valence electrons. The van der Waals surface area contributed by atoms with Gasteiger partial charge in [-0.3, -0.25) is 9.59 Å². The van der Waals surface area contributed by atoms with Crippen molar-refractivity contribution in [2.75, 3.05) is 11.1 Å². The van der Waals surface area contributed by atoms with Crippen LogP contribution in [0.3, 0.4) is 0 Å². The molecule has 0 spiro atoms. The summed E-state index contributed by atoms with van der Waals surface area (Å²) in [6.45, 7) is 0. The minimum Gasteiger partial charge on any atom is -0.399 e. The van der Waals surface area contributed by atoms with Crippen molar-refractivity contribution >= 4 is 17.4 Å². The molecule has 2 aromatic rings. The Morgan fingerprint density at radius 1 is 1.22 bits per heavy atom. The number of anilines is 2. The number of carbonyl (C=O) groups is 1. The van der Waals surface area contributed by atoms with E-state index in [0.29, 0.717) is 11.5 Å². The molecule has 0 atom stereocenters. The lowest BCUT2D eigenvalue weighted by Gasteiger charge is -2.04. The molecule has 0 fully saturated rings. The largest absolute Gasteiger partial charge is 0.399 e. The molecule has 0 aliphatic carbocycles. The third-order valence-electron chi connectivity index (χ3n) is 2.29. The first-order valence-electron chi connectivity index (χ1n) is 5.33. The van der Waals surface area contributed by atoms with E-state index in [1.807, 2.05) is 0 Å². The lowest BCUT2D eigenvalue weighted by molar-refractivity contribution is -0.115. The fraction of sp³-hybridized carbons (Fsp3) is 0.0833. The number of carbonyl (C=O) groups excluding carboxylic acids is 1. The molecule has 18 heavy (non-hydrogen) atoms. The van der Waals surface area contributed by atoms with Crippen molar-refractivity contribution in [1.29, 1.82) is 0 Å². The van der Waals surface area contributed by atoms with Gasteiger partial charge in [-0.15, -0.1) is 0 Å². The maximum atomic E-state index is 11.7. The second kappa shape index (κ2) is 5.13. The second-order valence-electron chi connectivity index (χ2n) is 3.77. The molecular weight excluding hydrogens is 232 g/mol. The van der Waals surface area contributed by atoms with E-state index in [4.69, 9.17) is 5.73 Å². The number of aromatic amines is 1. The molecule has 0 unspecified atom stereocenters. The number of rotatable bonds is 3. The Labute approximate surface area is 103 Å². The van der Waals surface area contributed by atoms with Crippen molar-refractivity contribution in [3.63, 3.8) is 0 Å². The summed E-state index contributed by atoms with van der Waals surface area (Å²) in [5, 5.41) is 8.51. The van der Waals surface area contributed by atoms with Crippen LogP contribution in [0.4, 0.5) is 11.5 Å². The average Bonchev–Trinajstić information content (AvgIpc) is 2.35. The number of aromatic nitrogens is 2. The number of hydrogen-bond donors (Lipinski definition) is 3. The van der Waals surface area contributed by atoms with Crippen LogP contribution in [0.2, 0.25) is 0 Å². The normalized spacial score (nSPS) is 10.0. The SMILES string of the molecule is Nc1ccc(CC(=O)Nc2ccc(=O)[nH]n2)cc1. The van der Waals surface area contributed by atoms with Crippen LogP contribution in [0.1, 0.15) is 5.56 Å². The van der Waals surface area contributed by atoms with E-state index in [-0.39, 0.29) is 17.9 Å². The van der Waals surface area contributed by atoms with Gasteiger partial charge in [-0.25, -0.2) is 5.10 Å². The van der Waals surface area contributed by atoms with Gasteiger partial charge in [0.1, 0.15) is 0 Å². The Bertz CT molecular complexity index is 584. The lowest BCUT2D eigenvalue weighted by Crippen LogP contribution is -2.17. The van der Waals surface area contributed by atoms with Crippen molar-refractivity contribution < 1.29 is 4.79 Å². The molecule has 6 nitrogen and oxygen atoms in total. The van der Waals surface area contributed by atoms with Gasteiger partial charge in [0.2, 0.25) is 5.91 Å². The summed E-state index contributed by atoms with van der Waals surface area (Å²) in [5.74, 6) is 0.106. The fourth-order valence-corrected chi connectivity index (χ4v) is 1.42. The summed E-state index contributed by atoms with van der Waals surface area (Å²) < 4.78 is 0. The Balaban J connectivity index is 1.98. The first kappa shape index (κ1) is 11.8. The summed E-state index contributed by atoms with van der Waals surface area (Å²) in [5.41, 5.74) is 6.74. The smallest absolute Gasteiger partial charge is 0.264 e. The average molecular weight is 244 g/mol. The highest BCUT2D eigenvalue weighted by atomic mass is 16.1. The van der Waals surface area contributed by atoms with Crippen LogP contribution in [0, 0.1) is 0 Å². The van der Waals surface area contributed by atoms with Gasteiger partial charge >= 0.3 is 0 Å². The molecule has 1 aromatic carbocycles. The number of nitrogens with zero attached hydrogens (tertiary/aromatic N) is 1. The fourth-order valence-electron chi connectivity index (χ4n) is 1.42. The van der Waals surface area contributed by atoms with Gasteiger partial charge in [0, 0.05) is 11.8 Å². The number of nitrogens with one attached hydrogen (secondary N) is 2. The molecule has 0 aliphatic heterocycles. The first-order chi connectivity index (χ1) is 8.63. The highest BCUT2D eigenvalue weighted by Gasteiger charge is 2.04. The third kappa shape index (κ3) is 3.18. The maximum absolute atomic E-state index is 11.7. The standard InChI is InChI=1S/C12H12N4O2/c13-9-3-1-8(2-4-9)7-12(18)14-10-5-6-11(17)16-15-10/h1-6H,7,13H2,(H,16,17)(H,14,15,18). The highest BCUT2D eigenvalue weighted by molar-refractivity contribution is 5.91. The molecule has 1 aromatic heterocycles. The molecule has 0 bridgehead atoms. The molecule has 1 heterocycles. The molecule has 0 saturated heterocycles. The van der Waals surface area contributed by atoms with Crippen LogP contribution in [0.25, 0.3) is 0 Å². The number of nitrogen functional groups attached to an aromatic ring is 1. The first-order valence-corrected chi connectivity index (χ1v) is 5.33. The summed E-state index contributed by atoms with van der Waals surface area (Å²) in [4.78, 5) is 22.5. The zero-order chi connectivity index (χ0) is 13.0. The zero-order valence-electron chi connectivity index (χ0n) is 9.51. The minimum absolute atomic E-state index is 0.209. The van der Waals surface area contributed by atoms with E-state index in [2.05, 4.69) is 15.5 Å². The quantitative estimate of drug-likeness (QED) is 0.685. The molecule has 0 radical (unpaired) electrons. The van der Waals surface area contributed by atoms with Gasteiger partial charge in [-0.05, 0) is 23.8 Å². The van der Waals surface area contributed by atoms with Crippen LogP contribution in [0.5, 0.6) is 0 Å². The molecule has 0 aliphatic rings. The zero-order valence-corrected chi connectivity index (χ0v) is 9.51. The summed E-state index contributed by atoms with van der Waals surface area (Å²) in [6, 6.07) is 9.79. The van der Waals surface area contributed by atoms with E-state index in [0.717, 1.165) is 5.56 Å². The summed E-state index contributed by atoms with van der Waals surface area (Å²) in [7, 11) is 0. The Kier molecular flexibility index (Phi) is 3.38. The Hall–Kier alpha value is -2.63. The van der Waals surface area contributed by atoms with Crippen LogP contribution in [0.15, 0.2) is 41.2 Å². The van der Waals surface area contributed by atoms with Gasteiger partial charge in [0.25, 0.3) is 5.56 Å². The van der Waals surface area contributed by atoms with Crippen LogP contribution in [-0.2, 0) is 11.2 Å². The van der Waals surface area contributed by atoms with Gasteiger partial charge in [-0.1, -0.05) is 12.1 Å². The van der Waals surface area contributed by atoms with Gasteiger partial charge in [0.05, 0.1) is 6.42 Å². The monoisotopic (exact) mass is 244 g/mol. The Morgan fingerprint density at radius 3 is 2.56 bits per heavy atom. The van der Waals surface area contributed by atoms with Gasteiger partial charge < -0.3 is 11.1 Å². The predicted molar refractivity (Wildman–Crippen MR) is 68.0 cm³/mol. The second-order valence-corrected chi connectivity index (χ2v) is 3.77. The van der Waals surface area contributed by atoms with Gasteiger partial charge in [-0.2, -0.15) is 5.10 Å².